The number of hydrogen-bond acceptors (Lipinski definition) is 9. The predicted octanol–water partition coefficient (Wildman–Crippen LogP) is 0.868. The van der Waals surface area contributed by atoms with Crippen molar-refractivity contribution in [3.8, 4) is 11.8 Å². The van der Waals surface area contributed by atoms with Gasteiger partial charge in [-0.15, -0.1) is 0 Å². The molecule has 12 nitrogen and oxygen atoms in total. The Morgan fingerprint density at radius 1 is 1.22 bits per heavy atom. The van der Waals surface area contributed by atoms with Crippen molar-refractivity contribution >= 4 is 32.0 Å². The Morgan fingerprint density at radius 2 is 1.88 bits per heavy atom. The number of nitrogens with one attached hydrogen (secondary N) is 2. The SMILES string of the molecule is COc1cc(OC)nc(NC(=O)NS(=O)(=O)c2cccc3c2S(=O)(=O)N(CCCF)C3)n1. The van der Waals surface area contributed by atoms with Gasteiger partial charge in [-0.1, -0.05) is 12.1 Å². The topological polar surface area (TPSA) is 157 Å². The van der Waals surface area contributed by atoms with E-state index in [0.717, 1.165) is 10.4 Å². The highest BCUT2D eigenvalue weighted by atomic mass is 32.2. The lowest BCUT2D eigenvalue weighted by Gasteiger charge is -2.14. The van der Waals surface area contributed by atoms with Gasteiger partial charge >= 0.3 is 6.03 Å². The molecule has 2 amide bonds. The van der Waals surface area contributed by atoms with Crippen LogP contribution in [0.25, 0.3) is 0 Å². The monoisotopic (exact) mass is 489 g/mol. The van der Waals surface area contributed by atoms with Gasteiger partial charge in [0.05, 0.1) is 27.0 Å². The molecule has 1 aliphatic rings. The van der Waals surface area contributed by atoms with Crippen LogP contribution in [0.4, 0.5) is 15.1 Å². The van der Waals surface area contributed by atoms with Crippen LogP contribution in [0.3, 0.4) is 0 Å². The maximum Gasteiger partial charge on any atom is 0.335 e. The largest absolute Gasteiger partial charge is 0.481 e. The van der Waals surface area contributed by atoms with Gasteiger partial charge in [0, 0.05) is 13.1 Å². The lowest BCUT2D eigenvalue weighted by Crippen LogP contribution is -2.36. The Morgan fingerprint density at radius 3 is 2.47 bits per heavy atom. The van der Waals surface area contributed by atoms with Crippen molar-refractivity contribution in [2.24, 2.45) is 0 Å². The van der Waals surface area contributed by atoms with Gasteiger partial charge in [0.2, 0.25) is 27.7 Å². The Labute approximate surface area is 183 Å². The minimum atomic E-state index is -4.61. The number of nitrogens with zero attached hydrogens (tertiary/aromatic N) is 3. The van der Waals surface area contributed by atoms with Gasteiger partial charge in [0.15, 0.2) is 0 Å². The molecule has 174 valence electrons. The summed E-state index contributed by atoms with van der Waals surface area (Å²) in [4.78, 5) is 19.0. The molecule has 0 unspecified atom stereocenters. The van der Waals surface area contributed by atoms with E-state index in [1.165, 1.54) is 32.4 Å². The average Bonchev–Trinajstić information content (AvgIpc) is 3.01. The van der Waals surface area contributed by atoms with Gasteiger partial charge in [0.25, 0.3) is 10.0 Å². The van der Waals surface area contributed by atoms with Crippen LogP contribution in [-0.2, 0) is 26.6 Å². The third-order valence-corrected chi connectivity index (χ3v) is 7.88. The fourth-order valence-corrected chi connectivity index (χ4v) is 6.41. The summed E-state index contributed by atoms with van der Waals surface area (Å²) in [5.41, 5.74) is 0.230. The fourth-order valence-electron chi connectivity index (χ4n) is 3.00. The molecule has 1 aliphatic heterocycles. The predicted molar refractivity (Wildman–Crippen MR) is 109 cm³/mol. The summed E-state index contributed by atoms with van der Waals surface area (Å²) in [5.74, 6) is -0.206. The summed E-state index contributed by atoms with van der Waals surface area (Å²) < 4.78 is 76.5. The van der Waals surface area contributed by atoms with Crippen LogP contribution in [0, 0.1) is 0 Å². The second-order valence-corrected chi connectivity index (χ2v) is 9.99. The van der Waals surface area contributed by atoms with Gasteiger partial charge in [-0.3, -0.25) is 9.71 Å². The molecule has 0 spiro atoms. The Hall–Kier alpha value is -3.04. The lowest BCUT2D eigenvalue weighted by molar-refractivity contribution is 0.256. The molecular formula is C17H20FN5O7S2. The van der Waals surface area contributed by atoms with Crippen molar-refractivity contribution in [3.63, 3.8) is 0 Å². The summed E-state index contributed by atoms with van der Waals surface area (Å²) >= 11 is 0. The number of halogens is 1. The van der Waals surface area contributed by atoms with Crippen LogP contribution in [0.5, 0.6) is 11.8 Å². The number of amides is 2. The zero-order chi connectivity index (χ0) is 23.5. The molecule has 1 aromatic heterocycles. The average molecular weight is 490 g/mol. The van der Waals surface area contributed by atoms with E-state index in [0.29, 0.717) is 0 Å². The highest BCUT2D eigenvalue weighted by molar-refractivity contribution is 7.93. The van der Waals surface area contributed by atoms with Gasteiger partial charge in [-0.2, -0.15) is 14.3 Å². The Bertz CT molecular complexity index is 1220. The molecule has 0 aliphatic carbocycles. The van der Waals surface area contributed by atoms with Crippen molar-refractivity contribution in [3.05, 3.63) is 29.8 Å². The third kappa shape index (κ3) is 4.73. The van der Waals surface area contributed by atoms with E-state index in [9.17, 15) is 26.0 Å². The lowest BCUT2D eigenvalue weighted by atomic mass is 10.2. The van der Waals surface area contributed by atoms with Crippen LogP contribution >= 0.6 is 0 Å². The quantitative estimate of drug-likeness (QED) is 0.549. The summed E-state index contributed by atoms with van der Waals surface area (Å²) in [7, 11) is -6.15. The molecule has 32 heavy (non-hydrogen) atoms. The summed E-state index contributed by atoms with van der Waals surface area (Å²) in [6.45, 7) is -0.910. The highest BCUT2D eigenvalue weighted by Gasteiger charge is 2.39. The zero-order valence-corrected chi connectivity index (χ0v) is 18.7. The van der Waals surface area contributed by atoms with Crippen molar-refractivity contribution in [1.82, 2.24) is 19.0 Å². The molecular weight excluding hydrogens is 469 g/mol. The van der Waals surface area contributed by atoms with Gasteiger partial charge in [-0.25, -0.2) is 26.4 Å². The number of fused-ring (bicyclic) bond motifs is 1. The first-order valence-corrected chi connectivity index (χ1v) is 12.0. The molecule has 0 atom stereocenters. The minimum Gasteiger partial charge on any atom is -0.481 e. The van der Waals surface area contributed by atoms with Crippen molar-refractivity contribution < 1.29 is 35.5 Å². The molecule has 0 saturated heterocycles. The van der Waals surface area contributed by atoms with Crippen LogP contribution in [0.15, 0.2) is 34.1 Å². The molecule has 0 bridgehead atoms. The molecule has 15 heteroatoms. The van der Waals surface area contributed by atoms with Crippen molar-refractivity contribution in [1.29, 1.82) is 0 Å². The van der Waals surface area contributed by atoms with E-state index >= 15 is 0 Å². The molecule has 2 aromatic rings. The van der Waals surface area contributed by atoms with Gasteiger partial charge < -0.3 is 9.47 Å². The van der Waals surface area contributed by atoms with Crippen LogP contribution in [0.2, 0.25) is 0 Å². The van der Waals surface area contributed by atoms with E-state index in [4.69, 9.17) is 9.47 Å². The van der Waals surface area contributed by atoms with Crippen LogP contribution < -0.4 is 19.5 Å². The van der Waals surface area contributed by atoms with E-state index in [2.05, 4.69) is 15.3 Å². The second-order valence-electron chi connectivity index (χ2n) is 6.46. The number of urea groups is 1. The minimum absolute atomic E-state index is 0.0278. The first-order valence-electron chi connectivity index (χ1n) is 9.11. The number of benzene rings is 1. The number of rotatable bonds is 8. The first-order chi connectivity index (χ1) is 15.1. The fraction of sp³-hybridized carbons (Fsp3) is 0.353. The standard InChI is InChI=1S/C17H20FN5O7S2/c1-29-13-9-14(30-2)20-16(19-13)21-17(24)22-31(25,26)12-6-3-5-11-10-23(8-4-7-18)32(27,28)15(11)12/h3,5-6,9H,4,7-8,10H2,1-2H3,(H2,19,20,21,22,24). The Kier molecular flexibility index (Phi) is 6.80. The summed E-state index contributed by atoms with van der Waals surface area (Å²) in [6.07, 6.45) is -0.0278. The van der Waals surface area contributed by atoms with Crippen LogP contribution in [-0.4, -0.2) is 64.6 Å². The van der Waals surface area contributed by atoms with Crippen LogP contribution in [0.1, 0.15) is 12.0 Å². The number of aromatic nitrogens is 2. The molecule has 0 saturated carbocycles. The molecule has 2 heterocycles. The molecule has 0 fully saturated rings. The Balaban J connectivity index is 1.87. The number of hydrogen-bond donors (Lipinski definition) is 2. The number of methoxy groups -OCH3 is 2. The summed E-state index contributed by atoms with van der Waals surface area (Å²) in [6, 6.07) is 3.98. The van der Waals surface area contributed by atoms with Crippen molar-refractivity contribution in [2.45, 2.75) is 22.8 Å². The first kappa shape index (κ1) is 23.6. The van der Waals surface area contributed by atoms with Crippen molar-refractivity contribution in [2.75, 3.05) is 32.8 Å². The van der Waals surface area contributed by atoms with E-state index < -0.39 is 42.5 Å². The van der Waals surface area contributed by atoms with E-state index in [1.54, 1.807) is 4.72 Å². The van der Waals surface area contributed by atoms with Gasteiger partial charge in [0.1, 0.15) is 9.79 Å². The normalized spacial score (nSPS) is 15.1. The smallest absolute Gasteiger partial charge is 0.335 e. The maximum atomic E-state index is 12.8. The number of alkyl halides is 1. The maximum absolute atomic E-state index is 12.8. The van der Waals surface area contributed by atoms with Gasteiger partial charge in [-0.05, 0) is 18.1 Å². The summed E-state index contributed by atoms with van der Waals surface area (Å²) in [5, 5.41) is 2.13. The number of carbonyl (C=O) groups is 1. The van der Waals surface area contributed by atoms with E-state index in [-0.39, 0.29) is 42.8 Å². The number of ether oxygens (including phenoxy) is 2. The molecule has 0 radical (unpaired) electrons. The number of carbonyl (C=O) groups excluding carboxylic acids is 1. The molecule has 2 N–H and O–H groups in total. The molecule has 1 aromatic carbocycles. The zero-order valence-electron chi connectivity index (χ0n) is 17.0. The highest BCUT2D eigenvalue weighted by Crippen LogP contribution is 2.35. The second kappa shape index (κ2) is 9.22. The number of anilines is 1. The number of sulfonamides is 2. The molecule has 3 rings (SSSR count). The third-order valence-electron chi connectivity index (χ3n) is 4.39. The van der Waals surface area contributed by atoms with E-state index in [1.807, 2.05) is 0 Å².